The van der Waals surface area contributed by atoms with Gasteiger partial charge in [-0.05, 0) is 25.0 Å². The van der Waals surface area contributed by atoms with E-state index in [-0.39, 0.29) is 0 Å². The van der Waals surface area contributed by atoms with Crippen LogP contribution in [0.15, 0.2) is 22.8 Å². The Morgan fingerprint density at radius 2 is 2.31 bits per heavy atom. The number of hydrogen-bond acceptors (Lipinski definition) is 4. The maximum Gasteiger partial charge on any atom is 0.133 e. The topological polar surface area (TPSA) is 62.5 Å². The summed E-state index contributed by atoms with van der Waals surface area (Å²) in [5, 5.41) is 13.1. The van der Waals surface area contributed by atoms with Crippen molar-refractivity contribution < 1.29 is 13.7 Å². The molecule has 1 unspecified atom stereocenters. The van der Waals surface area contributed by atoms with Gasteiger partial charge in [-0.15, -0.1) is 0 Å². The SMILES string of the molecule is O=S1CCC(NCC(O)c2ccco2)CC1. The minimum absolute atomic E-state index is 0.377. The second-order valence-corrected chi connectivity index (χ2v) is 5.76. The van der Waals surface area contributed by atoms with Crippen molar-refractivity contribution in [3.05, 3.63) is 24.2 Å². The molecule has 1 aromatic rings. The molecule has 0 amide bonds. The summed E-state index contributed by atoms with van der Waals surface area (Å²) in [6, 6.07) is 3.91. The largest absolute Gasteiger partial charge is 0.467 e. The van der Waals surface area contributed by atoms with E-state index in [1.54, 1.807) is 18.4 Å². The highest BCUT2D eigenvalue weighted by molar-refractivity contribution is 7.85. The van der Waals surface area contributed by atoms with Crippen LogP contribution in [-0.4, -0.2) is 33.4 Å². The first-order valence-electron chi connectivity index (χ1n) is 5.55. The van der Waals surface area contributed by atoms with Crippen molar-refractivity contribution in [3.8, 4) is 0 Å². The molecule has 2 heterocycles. The lowest BCUT2D eigenvalue weighted by molar-refractivity contribution is 0.142. The summed E-state index contributed by atoms with van der Waals surface area (Å²) in [6.07, 6.45) is 2.82. The highest BCUT2D eigenvalue weighted by Gasteiger charge is 2.19. The average Bonchev–Trinajstić information content (AvgIpc) is 2.81. The summed E-state index contributed by atoms with van der Waals surface area (Å²) >= 11 is 0. The van der Waals surface area contributed by atoms with Crippen LogP contribution in [0.3, 0.4) is 0 Å². The fraction of sp³-hybridized carbons (Fsp3) is 0.636. The first kappa shape index (κ1) is 11.8. The van der Waals surface area contributed by atoms with Gasteiger partial charge in [0.1, 0.15) is 11.9 Å². The second-order valence-electron chi connectivity index (χ2n) is 4.06. The molecule has 0 aromatic carbocycles. The lowest BCUT2D eigenvalue weighted by Gasteiger charge is -2.23. The zero-order valence-corrected chi connectivity index (χ0v) is 9.91. The van der Waals surface area contributed by atoms with E-state index in [1.165, 1.54) is 0 Å². The fourth-order valence-corrected chi connectivity index (χ4v) is 3.16. The molecule has 1 fully saturated rings. The molecule has 0 spiro atoms. The van der Waals surface area contributed by atoms with Gasteiger partial charge < -0.3 is 14.8 Å². The fourth-order valence-electron chi connectivity index (χ4n) is 1.86. The summed E-state index contributed by atoms with van der Waals surface area (Å²) in [6.45, 7) is 0.491. The Kier molecular flexibility index (Phi) is 4.15. The first-order chi connectivity index (χ1) is 7.75. The summed E-state index contributed by atoms with van der Waals surface area (Å²) in [4.78, 5) is 0. The Labute approximate surface area is 97.5 Å². The standard InChI is InChI=1S/C11H17NO3S/c13-10(11-2-1-5-15-11)8-12-9-3-6-16(14)7-4-9/h1-2,5,9-10,12-13H,3-4,6-8H2. The van der Waals surface area contributed by atoms with Crippen LogP contribution in [0.2, 0.25) is 0 Å². The number of aliphatic hydroxyl groups excluding tert-OH is 1. The summed E-state index contributed by atoms with van der Waals surface area (Å²) in [7, 11) is -0.626. The van der Waals surface area contributed by atoms with Gasteiger partial charge >= 0.3 is 0 Å². The zero-order valence-electron chi connectivity index (χ0n) is 9.09. The van der Waals surface area contributed by atoms with E-state index in [2.05, 4.69) is 5.32 Å². The van der Waals surface area contributed by atoms with Crippen LogP contribution in [0, 0.1) is 0 Å². The average molecular weight is 243 g/mol. The monoisotopic (exact) mass is 243 g/mol. The van der Waals surface area contributed by atoms with Crippen LogP contribution >= 0.6 is 0 Å². The third-order valence-electron chi connectivity index (χ3n) is 2.86. The zero-order chi connectivity index (χ0) is 11.4. The molecule has 1 aromatic heterocycles. The Hall–Kier alpha value is -0.650. The molecule has 1 aliphatic rings. The predicted molar refractivity (Wildman–Crippen MR) is 62.6 cm³/mol. The molecule has 1 saturated heterocycles. The molecular formula is C11H17NO3S. The first-order valence-corrected chi connectivity index (χ1v) is 7.04. The van der Waals surface area contributed by atoms with Gasteiger partial charge in [0.25, 0.3) is 0 Å². The Bertz CT molecular complexity index is 329. The van der Waals surface area contributed by atoms with Gasteiger partial charge in [0.2, 0.25) is 0 Å². The quantitative estimate of drug-likeness (QED) is 0.821. The normalized spacial score (nSPS) is 27.8. The minimum atomic E-state index is -0.626. The molecule has 0 aliphatic carbocycles. The Morgan fingerprint density at radius 1 is 1.56 bits per heavy atom. The molecular weight excluding hydrogens is 226 g/mol. The summed E-state index contributed by atoms with van der Waals surface area (Å²) < 4.78 is 16.3. The molecule has 5 heteroatoms. The smallest absolute Gasteiger partial charge is 0.133 e. The molecule has 0 radical (unpaired) electrons. The van der Waals surface area contributed by atoms with E-state index < -0.39 is 16.9 Å². The van der Waals surface area contributed by atoms with Gasteiger partial charge in [-0.2, -0.15) is 0 Å². The summed E-state index contributed by atoms with van der Waals surface area (Å²) in [5.41, 5.74) is 0. The van der Waals surface area contributed by atoms with E-state index >= 15 is 0 Å². The lowest BCUT2D eigenvalue weighted by atomic mass is 10.1. The van der Waals surface area contributed by atoms with Crippen LogP contribution in [0.4, 0.5) is 0 Å². The molecule has 90 valence electrons. The minimum Gasteiger partial charge on any atom is -0.467 e. The van der Waals surface area contributed by atoms with E-state index in [0.717, 1.165) is 24.3 Å². The number of aliphatic hydroxyl groups is 1. The van der Waals surface area contributed by atoms with Gasteiger partial charge in [-0.1, -0.05) is 0 Å². The highest BCUT2D eigenvalue weighted by Crippen LogP contribution is 2.14. The molecule has 0 bridgehead atoms. The van der Waals surface area contributed by atoms with Crippen molar-refractivity contribution >= 4 is 10.8 Å². The van der Waals surface area contributed by atoms with Crippen molar-refractivity contribution in [2.45, 2.75) is 25.0 Å². The predicted octanol–water partition coefficient (Wildman–Crippen LogP) is 0.814. The molecule has 4 nitrogen and oxygen atoms in total. The van der Waals surface area contributed by atoms with Crippen LogP contribution in [0.1, 0.15) is 24.7 Å². The van der Waals surface area contributed by atoms with E-state index in [1.807, 2.05) is 0 Å². The van der Waals surface area contributed by atoms with Crippen molar-refractivity contribution in [1.82, 2.24) is 5.32 Å². The lowest BCUT2D eigenvalue weighted by Crippen LogP contribution is -2.37. The highest BCUT2D eigenvalue weighted by atomic mass is 32.2. The van der Waals surface area contributed by atoms with Gasteiger partial charge in [-0.3, -0.25) is 4.21 Å². The van der Waals surface area contributed by atoms with Crippen molar-refractivity contribution in [1.29, 1.82) is 0 Å². The maximum absolute atomic E-state index is 11.2. The van der Waals surface area contributed by atoms with Crippen LogP contribution in [0.25, 0.3) is 0 Å². The van der Waals surface area contributed by atoms with Crippen molar-refractivity contribution in [2.24, 2.45) is 0 Å². The van der Waals surface area contributed by atoms with Gasteiger partial charge in [0.05, 0.1) is 6.26 Å². The molecule has 2 rings (SSSR count). The third-order valence-corrected chi connectivity index (χ3v) is 4.24. The van der Waals surface area contributed by atoms with E-state index in [0.29, 0.717) is 18.3 Å². The van der Waals surface area contributed by atoms with E-state index in [4.69, 9.17) is 4.42 Å². The van der Waals surface area contributed by atoms with E-state index in [9.17, 15) is 9.32 Å². The molecule has 2 N–H and O–H groups in total. The molecule has 0 saturated carbocycles. The van der Waals surface area contributed by atoms with Crippen LogP contribution in [-0.2, 0) is 10.8 Å². The van der Waals surface area contributed by atoms with Crippen LogP contribution < -0.4 is 5.32 Å². The number of hydrogen-bond donors (Lipinski definition) is 2. The molecule has 1 aliphatic heterocycles. The number of furan rings is 1. The van der Waals surface area contributed by atoms with Gasteiger partial charge in [0, 0.05) is 34.9 Å². The third kappa shape index (κ3) is 3.17. The van der Waals surface area contributed by atoms with Crippen LogP contribution in [0.5, 0.6) is 0 Å². The second kappa shape index (κ2) is 5.61. The number of nitrogens with one attached hydrogen (secondary N) is 1. The maximum atomic E-state index is 11.2. The van der Waals surface area contributed by atoms with Gasteiger partial charge in [0.15, 0.2) is 0 Å². The van der Waals surface area contributed by atoms with Crippen molar-refractivity contribution in [3.63, 3.8) is 0 Å². The van der Waals surface area contributed by atoms with Gasteiger partial charge in [-0.25, -0.2) is 0 Å². The molecule has 16 heavy (non-hydrogen) atoms. The molecule has 1 atom stereocenters. The summed E-state index contributed by atoms with van der Waals surface area (Å²) in [5.74, 6) is 2.13. The number of rotatable bonds is 4. The Morgan fingerprint density at radius 3 is 2.94 bits per heavy atom. The Balaban J connectivity index is 1.73. The van der Waals surface area contributed by atoms with Crippen molar-refractivity contribution in [2.75, 3.05) is 18.1 Å².